The molecule has 0 aromatic carbocycles. The zero-order valence-corrected chi connectivity index (χ0v) is 49.3. The average molecular weight is 1110 g/mol. The van der Waals surface area contributed by atoms with Crippen molar-refractivity contribution in [2.75, 3.05) is 13.2 Å². The van der Waals surface area contributed by atoms with Gasteiger partial charge in [0, 0.05) is 19.3 Å². The lowest BCUT2D eigenvalue weighted by Crippen LogP contribution is -2.61. The minimum atomic E-state index is -1.92. The molecule has 1 aliphatic rings. The number of aliphatic hydroxyl groups is 2. The molecule has 0 aliphatic carbocycles. The summed E-state index contributed by atoms with van der Waals surface area (Å²) in [5, 5.41) is 31.5. The molecule has 1 saturated heterocycles. The number of esters is 3. The van der Waals surface area contributed by atoms with Crippen LogP contribution in [-0.4, -0.2) is 89.2 Å². The Morgan fingerprint density at radius 2 is 0.797 bits per heavy atom. The molecule has 6 atom stereocenters. The van der Waals surface area contributed by atoms with Crippen molar-refractivity contribution in [3.05, 3.63) is 109 Å². The number of carbonyl (C=O) groups excluding carboxylic acids is 3. The van der Waals surface area contributed by atoms with Gasteiger partial charge in [0.05, 0.1) is 6.61 Å². The second-order valence-electron chi connectivity index (χ2n) is 20.6. The van der Waals surface area contributed by atoms with Crippen LogP contribution in [0.2, 0.25) is 0 Å². The number of carboxylic acid groups (broad SMARTS) is 1. The van der Waals surface area contributed by atoms with Crippen LogP contribution in [0.5, 0.6) is 0 Å². The first-order valence-electron chi connectivity index (χ1n) is 30.9. The van der Waals surface area contributed by atoms with Gasteiger partial charge in [-0.1, -0.05) is 207 Å². The predicted octanol–water partition coefficient (Wildman–Crippen LogP) is 16.2. The molecule has 1 rings (SSSR count). The number of hydrogen-bond acceptors (Lipinski definition) is 11. The molecule has 0 amide bonds. The maximum atomic E-state index is 13.2. The van der Waals surface area contributed by atoms with E-state index in [2.05, 4.69) is 130 Å². The van der Waals surface area contributed by atoms with Gasteiger partial charge in [-0.15, -0.1) is 0 Å². The van der Waals surface area contributed by atoms with E-state index in [-0.39, 0.29) is 25.9 Å². The van der Waals surface area contributed by atoms with Crippen LogP contribution in [-0.2, 0) is 42.9 Å². The van der Waals surface area contributed by atoms with Gasteiger partial charge in [-0.2, -0.15) is 0 Å². The van der Waals surface area contributed by atoms with Gasteiger partial charge in [0.25, 0.3) is 0 Å². The van der Waals surface area contributed by atoms with Gasteiger partial charge in [0.2, 0.25) is 0 Å². The van der Waals surface area contributed by atoms with Crippen molar-refractivity contribution in [3.8, 4) is 0 Å². The average Bonchev–Trinajstić information content (AvgIpc) is 3.46. The van der Waals surface area contributed by atoms with Gasteiger partial charge in [0.15, 0.2) is 24.6 Å². The van der Waals surface area contributed by atoms with Crippen LogP contribution in [0, 0.1) is 0 Å². The van der Waals surface area contributed by atoms with Gasteiger partial charge < -0.3 is 39.0 Å². The highest BCUT2D eigenvalue weighted by Gasteiger charge is 2.50. The fourth-order valence-corrected chi connectivity index (χ4v) is 8.64. The molecule has 1 fully saturated rings. The van der Waals surface area contributed by atoms with Crippen molar-refractivity contribution < 1.29 is 58.2 Å². The van der Waals surface area contributed by atoms with Crippen molar-refractivity contribution in [1.82, 2.24) is 0 Å². The molecule has 0 spiro atoms. The third kappa shape index (κ3) is 43.8. The Morgan fingerprint density at radius 1 is 0.430 bits per heavy atom. The number of aliphatic hydroxyl groups excluding tert-OH is 2. The van der Waals surface area contributed by atoms with E-state index in [4.69, 9.17) is 23.7 Å². The third-order valence-corrected chi connectivity index (χ3v) is 13.3. The minimum absolute atomic E-state index is 0.0403. The largest absolute Gasteiger partial charge is 0.479 e. The van der Waals surface area contributed by atoms with Gasteiger partial charge in [0.1, 0.15) is 18.8 Å². The smallest absolute Gasteiger partial charge is 0.335 e. The molecule has 0 aromatic rings. The summed E-state index contributed by atoms with van der Waals surface area (Å²) in [6.07, 6.45) is 60.5. The van der Waals surface area contributed by atoms with Crippen LogP contribution < -0.4 is 0 Å². The molecule has 1 aliphatic heterocycles. The fraction of sp³-hybridized carbons (Fsp3) is 0.672. The molecule has 3 N–H and O–H groups in total. The van der Waals surface area contributed by atoms with Crippen molar-refractivity contribution in [3.63, 3.8) is 0 Å². The van der Waals surface area contributed by atoms with Crippen LogP contribution in [0.25, 0.3) is 0 Å². The predicted molar refractivity (Wildman–Crippen MR) is 321 cm³/mol. The summed E-state index contributed by atoms with van der Waals surface area (Å²) >= 11 is 0. The molecular weight excluding hydrogens is 997 g/mol. The Morgan fingerprint density at radius 3 is 1.24 bits per heavy atom. The SMILES string of the molecule is CC/C=C\C/C=C\C/C=C\C/C=C\C/C=C\CCCCCC(=O)OCC(COC1OC(C(=O)O)C(O)C(O)C1OC(=O)CCCCCCC/C=C\CCCCCCCC)OC(=O)CCCCCCC/C=C\C/C=C\C/C=C\CC. The Bertz CT molecular complexity index is 1790. The summed E-state index contributed by atoms with van der Waals surface area (Å²) in [5.41, 5.74) is 0. The quantitative estimate of drug-likeness (QED) is 0.0228. The minimum Gasteiger partial charge on any atom is -0.479 e. The van der Waals surface area contributed by atoms with Crippen molar-refractivity contribution in [2.24, 2.45) is 0 Å². The maximum Gasteiger partial charge on any atom is 0.335 e. The second kappa shape index (κ2) is 54.0. The summed E-state index contributed by atoms with van der Waals surface area (Å²) in [5.74, 6) is -3.20. The van der Waals surface area contributed by atoms with Gasteiger partial charge in [-0.05, 0) is 122 Å². The van der Waals surface area contributed by atoms with E-state index in [9.17, 15) is 34.5 Å². The Kier molecular flexibility index (Phi) is 49.5. The first-order valence-corrected chi connectivity index (χ1v) is 30.9. The van der Waals surface area contributed by atoms with E-state index in [1.54, 1.807) is 0 Å². The molecule has 0 bridgehead atoms. The number of carbonyl (C=O) groups is 4. The van der Waals surface area contributed by atoms with Crippen molar-refractivity contribution in [2.45, 2.75) is 276 Å². The van der Waals surface area contributed by atoms with Crippen LogP contribution in [0.3, 0.4) is 0 Å². The van der Waals surface area contributed by atoms with Crippen LogP contribution >= 0.6 is 0 Å². The molecule has 0 radical (unpaired) electrons. The number of ether oxygens (including phenoxy) is 5. The second-order valence-corrected chi connectivity index (χ2v) is 20.6. The number of hydrogen-bond donors (Lipinski definition) is 3. The standard InChI is InChI=1S/C67H108O12/c1-4-7-10-13-16-19-22-25-28-29-30-31-34-35-38-41-44-47-50-53-59(68)75-56-58(77-60(69)54-51-48-45-42-39-36-32-26-23-20-17-14-11-8-5-2)57-76-67-65(63(72)62(71)64(79-67)66(73)74)78-61(70)55-52-49-46-43-40-37-33-27-24-21-18-15-12-9-6-3/h7-8,10-11,16-17,19-20,25-28,30-33,35,38,58,62-65,67,71-72H,4-6,9,12-15,18,21-24,29,34,36-37,39-57H2,1-3H3,(H,73,74)/b10-7-,11-8-,19-16-,20-17-,28-25-,31-30-,32-26-,33-27-,38-35-. The lowest BCUT2D eigenvalue weighted by Gasteiger charge is -2.40. The summed E-state index contributed by atoms with van der Waals surface area (Å²) in [6, 6.07) is 0. The van der Waals surface area contributed by atoms with E-state index in [0.717, 1.165) is 141 Å². The highest BCUT2D eigenvalue weighted by atomic mass is 16.7. The molecule has 448 valence electrons. The molecule has 6 unspecified atom stereocenters. The normalized spacial score (nSPS) is 18.6. The number of aliphatic carboxylic acids is 1. The topological polar surface area (TPSA) is 175 Å². The third-order valence-electron chi connectivity index (χ3n) is 13.3. The molecule has 1 heterocycles. The molecule has 79 heavy (non-hydrogen) atoms. The Balaban J connectivity index is 2.72. The highest BCUT2D eigenvalue weighted by Crippen LogP contribution is 2.26. The van der Waals surface area contributed by atoms with E-state index >= 15 is 0 Å². The number of unbranched alkanes of at least 4 members (excludes halogenated alkanes) is 19. The van der Waals surface area contributed by atoms with Crippen molar-refractivity contribution >= 4 is 23.9 Å². The molecular formula is C67H108O12. The zero-order chi connectivity index (χ0) is 57.5. The molecule has 12 nitrogen and oxygen atoms in total. The van der Waals surface area contributed by atoms with E-state index in [0.29, 0.717) is 19.3 Å². The van der Waals surface area contributed by atoms with Crippen molar-refractivity contribution in [1.29, 1.82) is 0 Å². The first-order chi connectivity index (χ1) is 38.6. The summed E-state index contributed by atoms with van der Waals surface area (Å²) in [6.45, 7) is 5.72. The summed E-state index contributed by atoms with van der Waals surface area (Å²) in [4.78, 5) is 51.2. The van der Waals surface area contributed by atoms with Crippen LogP contribution in [0.4, 0.5) is 0 Å². The Labute approximate surface area is 478 Å². The summed E-state index contributed by atoms with van der Waals surface area (Å²) < 4.78 is 28.4. The lowest BCUT2D eigenvalue weighted by molar-refractivity contribution is -0.301. The lowest BCUT2D eigenvalue weighted by atomic mass is 9.98. The van der Waals surface area contributed by atoms with Gasteiger partial charge >= 0.3 is 23.9 Å². The number of rotatable bonds is 51. The van der Waals surface area contributed by atoms with Crippen LogP contribution in [0.1, 0.15) is 239 Å². The first kappa shape index (κ1) is 72.4. The monoisotopic (exact) mass is 1100 g/mol. The van der Waals surface area contributed by atoms with E-state index in [1.165, 1.54) is 38.5 Å². The zero-order valence-electron chi connectivity index (χ0n) is 49.3. The van der Waals surface area contributed by atoms with Gasteiger partial charge in [-0.25, -0.2) is 4.79 Å². The molecule has 0 aromatic heterocycles. The fourth-order valence-electron chi connectivity index (χ4n) is 8.64. The molecule has 12 heteroatoms. The van der Waals surface area contributed by atoms with Gasteiger partial charge in [-0.3, -0.25) is 14.4 Å². The highest BCUT2D eigenvalue weighted by molar-refractivity contribution is 5.74. The molecule has 0 saturated carbocycles. The number of carboxylic acids is 1. The van der Waals surface area contributed by atoms with E-state index < -0.39 is 67.3 Å². The Hall–Kier alpha value is -4.62. The maximum absolute atomic E-state index is 13.2. The van der Waals surface area contributed by atoms with Crippen LogP contribution in [0.15, 0.2) is 109 Å². The van der Waals surface area contributed by atoms with E-state index in [1.807, 2.05) is 0 Å². The summed E-state index contributed by atoms with van der Waals surface area (Å²) in [7, 11) is 0. The number of allylic oxidation sites excluding steroid dienone is 18.